The number of nitrogens with zero attached hydrogens (tertiary/aromatic N) is 3. The lowest BCUT2D eigenvalue weighted by Crippen LogP contribution is -2.09. The van der Waals surface area contributed by atoms with E-state index in [0.717, 1.165) is 22.6 Å². The predicted molar refractivity (Wildman–Crippen MR) is 112 cm³/mol. The molecular weight excluding hydrogens is 396 g/mol. The van der Waals surface area contributed by atoms with E-state index >= 15 is 0 Å². The van der Waals surface area contributed by atoms with Gasteiger partial charge in [-0.1, -0.05) is 35.9 Å². The van der Waals surface area contributed by atoms with E-state index in [0.29, 0.717) is 9.98 Å². The van der Waals surface area contributed by atoms with Crippen molar-refractivity contribution in [2.45, 2.75) is 0 Å². The zero-order valence-corrected chi connectivity index (χ0v) is 16.4. The number of hydrogen-bond acceptors (Lipinski definition) is 5. The van der Waals surface area contributed by atoms with Crippen molar-refractivity contribution < 1.29 is 9.53 Å². The van der Waals surface area contributed by atoms with Crippen LogP contribution in [0.2, 0.25) is 5.02 Å². The third kappa shape index (κ3) is 3.90. The predicted octanol–water partition coefficient (Wildman–Crippen LogP) is 4.77. The van der Waals surface area contributed by atoms with Gasteiger partial charge in [0.15, 0.2) is 0 Å². The van der Waals surface area contributed by atoms with Crippen molar-refractivity contribution >= 4 is 45.8 Å². The fourth-order valence-electron chi connectivity index (χ4n) is 2.61. The summed E-state index contributed by atoms with van der Waals surface area (Å²) >= 11 is 7.30. The number of amides is 1. The molecular formula is C20H15ClN4O2S. The molecule has 0 aliphatic rings. The number of benzene rings is 2. The van der Waals surface area contributed by atoms with Crippen molar-refractivity contribution in [3.05, 3.63) is 70.6 Å². The molecule has 2 aromatic carbocycles. The van der Waals surface area contributed by atoms with Gasteiger partial charge in [-0.2, -0.15) is 4.98 Å². The summed E-state index contributed by atoms with van der Waals surface area (Å²) in [6.45, 7) is 0. The minimum absolute atomic E-state index is 0.252. The molecule has 2 aromatic heterocycles. The Morgan fingerprint density at radius 2 is 2.07 bits per heavy atom. The van der Waals surface area contributed by atoms with Crippen LogP contribution in [0.1, 0.15) is 5.56 Å². The molecule has 0 aliphatic carbocycles. The molecule has 0 radical (unpaired) electrons. The van der Waals surface area contributed by atoms with Crippen LogP contribution in [-0.4, -0.2) is 27.6 Å². The maximum Gasteiger partial charge on any atom is 0.250 e. The zero-order chi connectivity index (χ0) is 19.5. The number of rotatable bonds is 5. The van der Waals surface area contributed by atoms with Gasteiger partial charge in [-0.3, -0.25) is 10.1 Å². The van der Waals surface area contributed by atoms with Gasteiger partial charge in [0.1, 0.15) is 5.75 Å². The lowest BCUT2D eigenvalue weighted by molar-refractivity contribution is -0.111. The Hall–Kier alpha value is -3.16. The monoisotopic (exact) mass is 410 g/mol. The molecule has 8 heteroatoms. The van der Waals surface area contributed by atoms with E-state index < -0.39 is 0 Å². The molecule has 2 heterocycles. The molecule has 0 unspecified atom stereocenters. The molecule has 4 rings (SSSR count). The van der Waals surface area contributed by atoms with Gasteiger partial charge in [-0.15, -0.1) is 16.4 Å². The second kappa shape index (κ2) is 7.84. The van der Waals surface area contributed by atoms with Crippen molar-refractivity contribution in [3.8, 4) is 17.0 Å². The summed E-state index contributed by atoms with van der Waals surface area (Å²) in [6.07, 6.45) is 3.13. The van der Waals surface area contributed by atoms with Crippen molar-refractivity contribution in [2.75, 3.05) is 12.4 Å². The minimum Gasteiger partial charge on any atom is -0.497 e. The van der Waals surface area contributed by atoms with Gasteiger partial charge in [-0.25, -0.2) is 4.52 Å². The zero-order valence-electron chi connectivity index (χ0n) is 14.8. The molecule has 0 saturated heterocycles. The largest absolute Gasteiger partial charge is 0.497 e. The van der Waals surface area contributed by atoms with Crippen LogP contribution in [0.15, 0.2) is 60.0 Å². The topological polar surface area (TPSA) is 68.5 Å². The highest BCUT2D eigenvalue weighted by Gasteiger charge is 2.13. The first-order valence-corrected chi connectivity index (χ1v) is 9.61. The molecule has 140 valence electrons. The second-order valence-electron chi connectivity index (χ2n) is 5.86. The van der Waals surface area contributed by atoms with Crippen LogP contribution in [0.3, 0.4) is 0 Å². The van der Waals surface area contributed by atoms with Gasteiger partial charge in [0, 0.05) is 22.0 Å². The van der Waals surface area contributed by atoms with Crippen LogP contribution in [0.4, 0.5) is 5.95 Å². The summed E-state index contributed by atoms with van der Waals surface area (Å²) in [6, 6.07) is 14.9. The highest BCUT2D eigenvalue weighted by molar-refractivity contribution is 7.15. The first kappa shape index (κ1) is 18.2. The Morgan fingerprint density at radius 1 is 1.25 bits per heavy atom. The Morgan fingerprint density at radius 3 is 2.86 bits per heavy atom. The number of anilines is 1. The molecule has 0 saturated carbocycles. The van der Waals surface area contributed by atoms with E-state index in [-0.39, 0.29) is 11.9 Å². The first-order chi connectivity index (χ1) is 13.6. The number of halogens is 1. The molecule has 1 amide bonds. The fourth-order valence-corrected chi connectivity index (χ4v) is 3.57. The third-order valence-corrected chi connectivity index (χ3v) is 5.05. The Balaban J connectivity index is 1.53. The average molecular weight is 411 g/mol. The van der Waals surface area contributed by atoms with Crippen molar-refractivity contribution in [3.63, 3.8) is 0 Å². The summed E-state index contributed by atoms with van der Waals surface area (Å²) in [5.74, 6) is 0.704. The summed E-state index contributed by atoms with van der Waals surface area (Å²) in [5, 5.41) is 9.71. The van der Waals surface area contributed by atoms with Crippen molar-refractivity contribution in [2.24, 2.45) is 0 Å². The third-order valence-electron chi connectivity index (χ3n) is 3.98. The quantitative estimate of drug-likeness (QED) is 0.481. The second-order valence-corrected chi connectivity index (χ2v) is 7.13. The maximum atomic E-state index is 12.2. The summed E-state index contributed by atoms with van der Waals surface area (Å²) in [4.78, 5) is 17.2. The highest BCUT2D eigenvalue weighted by atomic mass is 35.5. The van der Waals surface area contributed by atoms with E-state index in [9.17, 15) is 4.79 Å². The first-order valence-electron chi connectivity index (χ1n) is 8.36. The minimum atomic E-state index is -0.309. The van der Waals surface area contributed by atoms with Crippen LogP contribution in [0, 0.1) is 0 Å². The van der Waals surface area contributed by atoms with E-state index in [2.05, 4.69) is 15.4 Å². The lowest BCUT2D eigenvalue weighted by Gasteiger charge is -2.02. The fraction of sp³-hybridized carbons (Fsp3) is 0.0500. The SMILES string of the molecule is COc1cccc(-c2csc3nc(NC(=O)/C=C/c4ccc(Cl)cc4)nn23)c1. The summed E-state index contributed by atoms with van der Waals surface area (Å²) < 4.78 is 6.99. The van der Waals surface area contributed by atoms with Gasteiger partial charge in [0.05, 0.1) is 12.8 Å². The number of aromatic nitrogens is 3. The van der Waals surface area contributed by atoms with E-state index in [1.54, 1.807) is 29.8 Å². The lowest BCUT2D eigenvalue weighted by atomic mass is 10.2. The van der Waals surface area contributed by atoms with Gasteiger partial charge < -0.3 is 4.74 Å². The molecule has 4 aromatic rings. The Bertz CT molecular complexity index is 1160. The van der Waals surface area contributed by atoms with Crippen LogP contribution in [0.5, 0.6) is 5.75 Å². The number of ether oxygens (including phenoxy) is 1. The van der Waals surface area contributed by atoms with Crippen molar-refractivity contribution in [1.29, 1.82) is 0 Å². The van der Waals surface area contributed by atoms with Gasteiger partial charge in [-0.05, 0) is 35.9 Å². The van der Waals surface area contributed by atoms with E-state index in [4.69, 9.17) is 16.3 Å². The van der Waals surface area contributed by atoms with Crippen LogP contribution >= 0.6 is 22.9 Å². The number of fused-ring (bicyclic) bond motifs is 1. The average Bonchev–Trinajstić information content (AvgIpc) is 3.27. The summed E-state index contributed by atoms with van der Waals surface area (Å²) in [7, 11) is 1.63. The molecule has 28 heavy (non-hydrogen) atoms. The molecule has 1 N–H and O–H groups in total. The van der Waals surface area contributed by atoms with Crippen LogP contribution < -0.4 is 10.1 Å². The molecule has 0 atom stereocenters. The molecule has 0 fully saturated rings. The van der Waals surface area contributed by atoms with Crippen LogP contribution in [0.25, 0.3) is 22.3 Å². The molecule has 6 nitrogen and oxygen atoms in total. The summed E-state index contributed by atoms with van der Waals surface area (Å²) in [5.41, 5.74) is 2.71. The Kier molecular flexibility index (Phi) is 5.10. The number of nitrogens with one attached hydrogen (secondary N) is 1. The molecule has 0 spiro atoms. The Labute approximate surface area is 170 Å². The smallest absolute Gasteiger partial charge is 0.250 e. The molecule has 0 aliphatic heterocycles. The van der Waals surface area contributed by atoms with E-state index in [1.807, 2.05) is 41.8 Å². The highest BCUT2D eigenvalue weighted by Crippen LogP contribution is 2.28. The number of carbonyl (C=O) groups is 1. The van der Waals surface area contributed by atoms with Crippen molar-refractivity contribution in [1.82, 2.24) is 14.6 Å². The molecule has 0 bridgehead atoms. The standard InChI is InChI=1S/C20H15ClN4O2S/c1-27-16-4-2-3-14(11-16)17-12-28-20-23-19(24-25(17)20)22-18(26)10-7-13-5-8-15(21)9-6-13/h2-12H,1H3,(H,22,24,26)/b10-7+. The van der Waals surface area contributed by atoms with Gasteiger partial charge >= 0.3 is 0 Å². The normalized spacial score (nSPS) is 11.2. The number of hydrogen-bond donors (Lipinski definition) is 1. The van der Waals surface area contributed by atoms with Gasteiger partial charge in [0.2, 0.25) is 4.96 Å². The van der Waals surface area contributed by atoms with E-state index in [1.165, 1.54) is 17.4 Å². The van der Waals surface area contributed by atoms with Gasteiger partial charge in [0.25, 0.3) is 11.9 Å². The number of carbonyl (C=O) groups excluding carboxylic acids is 1. The number of methoxy groups -OCH3 is 1. The van der Waals surface area contributed by atoms with Crippen LogP contribution in [-0.2, 0) is 4.79 Å². The maximum absolute atomic E-state index is 12.2. The number of thiazole rings is 1.